The fourth-order valence-corrected chi connectivity index (χ4v) is 2.56. The van der Waals surface area contributed by atoms with E-state index in [2.05, 4.69) is 20.7 Å². The number of aliphatic hydroxyl groups excluding tert-OH is 1. The summed E-state index contributed by atoms with van der Waals surface area (Å²) in [7, 11) is 1.61. The fourth-order valence-electron chi connectivity index (χ4n) is 1.61. The van der Waals surface area contributed by atoms with Gasteiger partial charge in [-0.2, -0.15) is 0 Å². The summed E-state index contributed by atoms with van der Waals surface area (Å²) in [6, 6.07) is -0.152. The summed E-state index contributed by atoms with van der Waals surface area (Å²) in [5, 5.41) is 14.4. The molecule has 1 unspecified atom stereocenters. The Morgan fingerprint density at radius 1 is 1.53 bits per heavy atom. The number of methoxy groups -OCH3 is 1. The molecule has 2 heterocycles. The van der Waals surface area contributed by atoms with E-state index < -0.39 is 0 Å². The topological polar surface area (TPSA) is 67.3 Å². The monoisotopic (exact) mass is 253 g/mol. The maximum Gasteiger partial charge on any atom is 0.147 e. The van der Waals surface area contributed by atoms with Gasteiger partial charge in [-0.3, -0.25) is 0 Å². The standard InChI is InChI=1S/C11H15N3O2S/c1-7-5-17-10-9(7)12-6-13-11(10)14-8(3-15)4-16-2/h5-6,8,15H,3-4H2,1-2H3,(H,12,13,14). The van der Waals surface area contributed by atoms with Crippen molar-refractivity contribution in [2.75, 3.05) is 25.6 Å². The molecule has 0 saturated carbocycles. The third-order valence-electron chi connectivity index (χ3n) is 2.46. The first-order valence-corrected chi connectivity index (χ1v) is 6.19. The Labute approximate surface area is 103 Å². The van der Waals surface area contributed by atoms with Gasteiger partial charge in [-0.1, -0.05) is 0 Å². The van der Waals surface area contributed by atoms with Crippen LogP contribution in [0.2, 0.25) is 0 Å². The molecule has 0 aliphatic heterocycles. The molecule has 0 fully saturated rings. The Hall–Kier alpha value is -1.24. The molecule has 0 spiro atoms. The average molecular weight is 253 g/mol. The number of ether oxygens (including phenoxy) is 1. The Kier molecular flexibility index (Phi) is 3.88. The SMILES string of the molecule is COCC(CO)Nc1ncnc2c(C)csc12. The van der Waals surface area contributed by atoms with Crippen molar-refractivity contribution < 1.29 is 9.84 Å². The molecular formula is C11H15N3O2S. The van der Waals surface area contributed by atoms with Gasteiger partial charge in [0.1, 0.15) is 12.1 Å². The van der Waals surface area contributed by atoms with Crippen molar-refractivity contribution >= 4 is 27.4 Å². The highest BCUT2D eigenvalue weighted by Crippen LogP contribution is 2.28. The molecule has 1 atom stereocenters. The summed E-state index contributed by atoms with van der Waals surface area (Å²) >= 11 is 1.60. The van der Waals surface area contributed by atoms with E-state index in [1.54, 1.807) is 18.4 Å². The lowest BCUT2D eigenvalue weighted by atomic mass is 10.3. The number of hydrogen-bond donors (Lipinski definition) is 2. The van der Waals surface area contributed by atoms with Crippen LogP contribution in [-0.2, 0) is 4.74 Å². The van der Waals surface area contributed by atoms with Crippen LogP contribution in [0.1, 0.15) is 5.56 Å². The smallest absolute Gasteiger partial charge is 0.147 e. The number of thiophene rings is 1. The normalized spacial score (nSPS) is 12.9. The first-order valence-electron chi connectivity index (χ1n) is 5.31. The zero-order chi connectivity index (χ0) is 12.3. The molecule has 0 aromatic carbocycles. The first-order chi connectivity index (χ1) is 8.26. The van der Waals surface area contributed by atoms with Gasteiger partial charge in [-0.15, -0.1) is 11.3 Å². The molecule has 2 aromatic rings. The number of aliphatic hydroxyl groups is 1. The van der Waals surface area contributed by atoms with Crippen molar-refractivity contribution in [1.82, 2.24) is 9.97 Å². The molecule has 17 heavy (non-hydrogen) atoms. The summed E-state index contributed by atoms with van der Waals surface area (Å²) in [5.74, 6) is 0.754. The van der Waals surface area contributed by atoms with Crippen molar-refractivity contribution in [3.8, 4) is 0 Å². The highest BCUT2D eigenvalue weighted by molar-refractivity contribution is 7.18. The Balaban J connectivity index is 2.29. The van der Waals surface area contributed by atoms with Gasteiger partial charge in [0.15, 0.2) is 0 Å². The van der Waals surface area contributed by atoms with Crippen molar-refractivity contribution in [1.29, 1.82) is 0 Å². The molecule has 2 N–H and O–H groups in total. The van der Waals surface area contributed by atoms with Gasteiger partial charge < -0.3 is 15.2 Å². The highest BCUT2D eigenvalue weighted by Gasteiger charge is 2.12. The molecule has 6 heteroatoms. The van der Waals surface area contributed by atoms with Gasteiger partial charge in [-0.25, -0.2) is 9.97 Å². The van der Waals surface area contributed by atoms with Gasteiger partial charge in [-0.05, 0) is 17.9 Å². The lowest BCUT2D eigenvalue weighted by Gasteiger charge is -2.15. The highest BCUT2D eigenvalue weighted by atomic mass is 32.1. The molecule has 0 amide bonds. The molecule has 2 aromatic heterocycles. The first kappa shape index (κ1) is 12.2. The molecule has 0 radical (unpaired) electrons. The van der Waals surface area contributed by atoms with Crippen molar-refractivity contribution in [2.45, 2.75) is 13.0 Å². The summed E-state index contributed by atoms with van der Waals surface area (Å²) in [6.45, 7) is 2.46. The number of hydrogen-bond acceptors (Lipinski definition) is 6. The van der Waals surface area contributed by atoms with E-state index in [1.807, 2.05) is 6.92 Å². The number of rotatable bonds is 5. The van der Waals surface area contributed by atoms with Crippen LogP contribution in [0.4, 0.5) is 5.82 Å². The Morgan fingerprint density at radius 2 is 2.35 bits per heavy atom. The predicted molar refractivity (Wildman–Crippen MR) is 68.5 cm³/mol. The van der Waals surface area contributed by atoms with E-state index in [0.717, 1.165) is 21.6 Å². The summed E-state index contributed by atoms with van der Waals surface area (Å²) in [6.07, 6.45) is 1.53. The molecule has 5 nitrogen and oxygen atoms in total. The minimum absolute atomic E-state index is 0.00366. The molecule has 92 valence electrons. The minimum Gasteiger partial charge on any atom is -0.394 e. The van der Waals surface area contributed by atoms with Crippen LogP contribution in [0.3, 0.4) is 0 Å². The van der Waals surface area contributed by atoms with Gasteiger partial charge >= 0.3 is 0 Å². The van der Waals surface area contributed by atoms with Crippen molar-refractivity contribution in [3.63, 3.8) is 0 Å². The van der Waals surface area contributed by atoms with E-state index in [9.17, 15) is 5.11 Å². The summed E-state index contributed by atoms with van der Waals surface area (Å²) < 4.78 is 6.04. The van der Waals surface area contributed by atoms with Crippen molar-refractivity contribution in [2.24, 2.45) is 0 Å². The lowest BCUT2D eigenvalue weighted by molar-refractivity contribution is 0.153. The molecule has 2 rings (SSSR count). The molecule has 0 aliphatic rings. The van der Waals surface area contributed by atoms with E-state index in [4.69, 9.17) is 4.74 Å². The fraction of sp³-hybridized carbons (Fsp3) is 0.455. The van der Waals surface area contributed by atoms with Crippen LogP contribution < -0.4 is 5.32 Å². The zero-order valence-corrected chi connectivity index (χ0v) is 10.6. The van der Waals surface area contributed by atoms with Crippen LogP contribution in [-0.4, -0.2) is 41.4 Å². The molecule has 0 aliphatic carbocycles. The van der Waals surface area contributed by atoms with E-state index >= 15 is 0 Å². The Bertz CT molecular complexity index is 500. The third-order valence-corrected chi connectivity index (χ3v) is 3.55. The summed E-state index contributed by atoms with van der Waals surface area (Å²) in [5.41, 5.74) is 2.10. The zero-order valence-electron chi connectivity index (χ0n) is 9.80. The van der Waals surface area contributed by atoms with Gasteiger partial charge in [0.05, 0.1) is 29.5 Å². The van der Waals surface area contributed by atoms with Gasteiger partial charge in [0.25, 0.3) is 0 Å². The van der Waals surface area contributed by atoms with E-state index in [0.29, 0.717) is 6.61 Å². The number of fused-ring (bicyclic) bond motifs is 1. The molecule has 0 bridgehead atoms. The maximum atomic E-state index is 9.21. The van der Waals surface area contributed by atoms with Gasteiger partial charge in [0, 0.05) is 7.11 Å². The van der Waals surface area contributed by atoms with Gasteiger partial charge in [0.2, 0.25) is 0 Å². The predicted octanol–water partition coefficient (Wildman–Crippen LogP) is 1.42. The van der Waals surface area contributed by atoms with Crippen LogP contribution in [0.25, 0.3) is 10.2 Å². The van der Waals surface area contributed by atoms with Crippen LogP contribution in [0.15, 0.2) is 11.7 Å². The summed E-state index contributed by atoms with van der Waals surface area (Å²) in [4.78, 5) is 8.46. The maximum absolute atomic E-state index is 9.21. The van der Waals surface area contributed by atoms with Crippen LogP contribution in [0, 0.1) is 6.92 Å². The number of anilines is 1. The molecule has 0 saturated heterocycles. The lowest BCUT2D eigenvalue weighted by Crippen LogP contribution is -2.29. The number of aromatic nitrogens is 2. The van der Waals surface area contributed by atoms with Crippen LogP contribution >= 0.6 is 11.3 Å². The second-order valence-electron chi connectivity index (χ2n) is 3.80. The second kappa shape index (κ2) is 5.39. The van der Waals surface area contributed by atoms with Crippen molar-refractivity contribution in [3.05, 3.63) is 17.3 Å². The Morgan fingerprint density at radius 3 is 3.06 bits per heavy atom. The third kappa shape index (κ3) is 2.54. The minimum atomic E-state index is -0.152. The molecular weight excluding hydrogens is 238 g/mol. The largest absolute Gasteiger partial charge is 0.394 e. The number of nitrogens with zero attached hydrogens (tertiary/aromatic N) is 2. The number of aryl methyl sites for hydroxylation is 1. The quantitative estimate of drug-likeness (QED) is 0.843. The second-order valence-corrected chi connectivity index (χ2v) is 4.68. The van der Waals surface area contributed by atoms with E-state index in [1.165, 1.54) is 6.33 Å². The van der Waals surface area contributed by atoms with E-state index in [-0.39, 0.29) is 12.6 Å². The number of nitrogens with one attached hydrogen (secondary N) is 1. The van der Waals surface area contributed by atoms with Crippen LogP contribution in [0.5, 0.6) is 0 Å². The average Bonchev–Trinajstić information content (AvgIpc) is 2.72.